The van der Waals surface area contributed by atoms with E-state index in [0.29, 0.717) is 10.6 Å². The Hall–Kier alpha value is -0.370. The van der Waals surface area contributed by atoms with E-state index in [1.165, 1.54) is 26.4 Å². The zero-order valence-corrected chi connectivity index (χ0v) is 14.7. The van der Waals surface area contributed by atoms with Gasteiger partial charge in [-0.15, -0.1) is 0 Å². The number of sulfonamides is 1. The summed E-state index contributed by atoms with van der Waals surface area (Å²) < 4.78 is 37.5. The van der Waals surface area contributed by atoms with Crippen LogP contribution < -0.4 is 4.72 Å². The Morgan fingerprint density at radius 2 is 1.86 bits per heavy atom. The van der Waals surface area contributed by atoms with Crippen LogP contribution in [0.3, 0.4) is 0 Å². The minimum atomic E-state index is -3.77. The number of halogens is 2. The first-order chi connectivity index (χ1) is 9.65. The molecule has 0 amide bonds. The molecule has 0 saturated carbocycles. The van der Waals surface area contributed by atoms with Gasteiger partial charge in [0.25, 0.3) is 0 Å². The monoisotopic (exact) mass is 355 g/mol. The second kappa shape index (κ2) is 7.26. The highest BCUT2D eigenvalue weighted by Crippen LogP contribution is 2.28. The largest absolute Gasteiger partial charge is 0.382 e. The van der Waals surface area contributed by atoms with Crippen molar-refractivity contribution in [2.24, 2.45) is 0 Å². The van der Waals surface area contributed by atoms with Crippen molar-refractivity contribution in [1.29, 1.82) is 0 Å². The molecule has 0 aliphatic carbocycles. The first-order valence-corrected chi connectivity index (χ1v) is 8.38. The average Bonchev–Trinajstić information content (AvgIpc) is 2.41. The van der Waals surface area contributed by atoms with E-state index in [1.54, 1.807) is 13.8 Å². The van der Waals surface area contributed by atoms with Crippen molar-refractivity contribution in [3.63, 3.8) is 0 Å². The van der Waals surface area contributed by atoms with E-state index in [4.69, 9.17) is 32.7 Å². The van der Waals surface area contributed by atoms with E-state index in [-0.39, 0.29) is 23.1 Å². The Kier molecular flexibility index (Phi) is 6.46. The Morgan fingerprint density at radius 3 is 2.38 bits per heavy atom. The third-order valence-electron chi connectivity index (χ3n) is 3.08. The van der Waals surface area contributed by atoms with Crippen LogP contribution in [-0.2, 0) is 19.5 Å². The van der Waals surface area contributed by atoms with Gasteiger partial charge in [-0.25, -0.2) is 13.1 Å². The molecule has 0 radical (unpaired) electrons. The fourth-order valence-electron chi connectivity index (χ4n) is 1.65. The van der Waals surface area contributed by atoms with Crippen molar-refractivity contribution in [1.82, 2.24) is 4.72 Å². The molecule has 0 saturated heterocycles. The lowest BCUT2D eigenvalue weighted by molar-refractivity contribution is -0.0460. The number of rotatable bonds is 7. The van der Waals surface area contributed by atoms with Crippen molar-refractivity contribution in [3.05, 3.63) is 27.7 Å². The van der Waals surface area contributed by atoms with Crippen LogP contribution in [0.5, 0.6) is 0 Å². The summed E-state index contributed by atoms with van der Waals surface area (Å²) in [6, 6.07) is 2.85. The van der Waals surface area contributed by atoms with Gasteiger partial charge < -0.3 is 9.47 Å². The maximum Gasteiger partial charge on any atom is 0.242 e. The van der Waals surface area contributed by atoms with Gasteiger partial charge in [-0.1, -0.05) is 23.2 Å². The predicted molar refractivity (Wildman–Crippen MR) is 83.7 cm³/mol. The highest BCUT2D eigenvalue weighted by molar-refractivity contribution is 7.89. The molecule has 1 aromatic carbocycles. The van der Waals surface area contributed by atoms with Gasteiger partial charge in [0, 0.05) is 25.8 Å². The molecule has 1 N–H and O–H groups in total. The lowest BCUT2D eigenvalue weighted by atomic mass is 10.1. The topological polar surface area (TPSA) is 64.6 Å². The molecule has 0 bridgehead atoms. The molecule has 8 heteroatoms. The van der Waals surface area contributed by atoms with Crippen LogP contribution in [0.25, 0.3) is 0 Å². The zero-order chi connectivity index (χ0) is 16.3. The van der Waals surface area contributed by atoms with E-state index in [1.807, 2.05) is 0 Å². The molecule has 0 fully saturated rings. The highest BCUT2D eigenvalue weighted by atomic mass is 35.5. The summed E-state index contributed by atoms with van der Waals surface area (Å²) in [5.41, 5.74) is -0.136. The normalized spacial score (nSPS) is 15.0. The van der Waals surface area contributed by atoms with Crippen molar-refractivity contribution in [2.75, 3.05) is 27.4 Å². The van der Waals surface area contributed by atoms with Crippen molar-refractivity contribution >= 4 is 33.2 Å². The summed E-state index contributed by atoms with van der Waals surface area (Å²) in [5.74, 6) is 0. The number of nitrogens with one attached hydrogen (secondary N) is 1. The maximum atomic E-state index is 12.3. The minimum absolute atomic E-state index is 0.0121. The van der Waals surface area contributed by atoms with Crippen molar-refractivity contribution < 1.29 is 17.9 Å². The number of ether oxygens (including phenoxy) is 2. The van der Waals surface area contributed by atoms with Gasteiger partial charge in [0.2, 0.25) is 10.0 Å². The van der Waals surface area contributed by atoms with Gasteiger partial charge >= 0.3 is 0 Å². The number of benzene rings is 1. The van der Waals surface area contributed by atoms with Gasteiger partial charge in [-0.05, 0) is 31.5 Å². The molecule has 120 valence electrons. The maximum absolute atomic E-state index is 12.3. The quantitative estimate of drug-likeness (QED) is 0.816. The lowest BCUT2D eigenvalue weighted by Crippen LogP contribution is -2.45. The molecule has 0 spiro atoms. The minimum Gasteiger partial charge on any atom is -0.382 e. The van der Waals surface area contributed by atoms with Gasteiger partial charge in [0.05, 0.1) is 11.6 Å². The van der Waals surface area contributed by atoms with Crippen molar-refractivity contribution in [3.8, 4) is 0 Å². The average molecular weight is 356 g/mol. The zero-order valence-electron chi connectivity index (χ0n) is 12.4. The van der Waals surface area contributed by atoms with Crippen LogP contribution in [0, 0.1) is 6.92 Å². The first kappa shape index (κ1) is 18.7. The van der Waals surface area contributed by atoms with E-state index in [0.717, 1.165) is 0 Å². The van der Waals surface area contributed by atoms with Crippen LogP contribution in [0.1, 0.15) is 12.5 Å². The molecule has 0 aromatic heterocycles. The summed E-state index contributed by atoms with van der Waals surface area (Å²) in [4.78, 5) is -0.0121. The van der Waals surface area contributed by atoms with E-state index >= 15 is 0 Å². The van der Waals surface area contributed by atoms with Crippen LogP contribution in [-0.4, -0.2) is 41.4 Å². The standard InChI is InChI=1S/C13H19Cl2NO4S/c1-9-5-12(11(15)6-10(9)14)21(17,18)16-7-13(2,20-4)8-19-3/h5-6,16H,7-8H2,1-4H3/t13-/m0/s1. The van der Waals surface area contributed by atoms with Crippen LogP contribution in [0.15, 0.2) is 17.0 Å². The fraction of sp³-hybridized carbons (Fsp3) is 0.538. The second-order valence-corrected chi connectivity index (χ2v) is 7.49. The highest BCUT2D eigenvalue weighted by Gasteiger charge is 2.28. The summed E-state index contributed by atoms with van der Waals surface area (Å²) in [6.07, 6.45) is 0. The smallest absolute Gasteiger partial charge is 0.242 e. The first-order valence-electron chi connectivity index (χ1n) is 6.14. The second-order valence-electron chi connectivity index (χ2n) is 4.94. The molecular formula is C13H19Cl2NO4S. The van der Waals surface area contributed by atoms with Crippen LogP contribution >= 0.6 is 23.2 Å². The fourth-order valence-corrected chi connectivity index (χ4v) is 3.64. The predicted octanol–water partition coefficient (Wildman–Crippen LogP) is 2.63. The van der Waals surface area contributed by atoms with E-state index in [9.17, 15) is 8.42 Å². The summed E-state index contributed by atoms with van der Waals surface area (Å²) >= 11 is 11.9. The van der Waals surface area contributed by atoms with Gasteiger partial charge in [0.1, 0.15) is 10.5 Å². The number of hydrogen-bond donors (Lipinski definition) is 1. The molecule has 0 aliphatic heterocycles. The van der Waals surface area contributed by atoms with Gasteiger partial charge in [-0.3, -0.25) is 0 Å². The molecule has 5 nitrogen and oxygen atoms in total. The summed E-state index contributed by atoms with van der Waals surface area (Å²) in [6.45, 7) is 3.76. The van der Waals surface area contributed by atoms with Crippen molar-refractivity contribution in [2.45, 2.75) is 24.3 Å². The number of methoxy groups -OCH3 is 2. The summed E-state index contributed by atoms with van der Waals surface area (Å²) in [7, 11) is -0.756. The molecule has 0 unspecified atom stereocenters. The summed E-state index contributed by atoms with van der Waals surface area (Å²) in [5, 5.41) is 0.490. The third-order valence-corrected chi connectivity index (χ3v) is 5.35. The molecule has 0 aliphatic rings. The van der Waals surface area contributed by atoms with Gasteiger partial charge in [0.15, 0.2) is 0 Å². The Labute approximate surface area is 135 Å². The Morgan fingerprint density at radius 1 is 1.24 bits per heavy atom. The SMILES string of the molecule is COC[C@](C)(CNS(=O)(=O)c1cc(C)c(Cl)cc1Cl)OC. The molecule has 21 heavy (non-hydrogen) atoms. The molecule has 1 aromatic rings. The molecular weight excluding hydrogens is 337 g/mol. The lowest BCUT2D eigenvalue weighted by Gasteiger charge is -2.27. The van der Waals surface area contributed by atoms with Crippen LogP contribution in [0.4, 0.5) is 0 Å². The molecule has 1 atom stereocenters. The van der Waals surface area contributed by atoms with E-state index in [2.05, 4.69) is 4.72 Å². The van der Waals surface area contributed by atoms with E-state index < -0.39 is 15.6 Å². The van der Waals surface area contributed by atoms with Gasteiger partial charge in [-0.2, -0.15) is 0 Å². The third kappa shape index (κ3) is 4.81. The number of aryl methyl sites for hydroxylation is 1. The number of hydrogen-bond acceptors (Lipinski definition) is 4. The molecule has 1 rings (SSSR count). The Balaban J connectivity index is 3.00. The van der Waals surface area contributed by atoms with Crippen LogP contribution in [0.2, 0.25) is 10.0 Å². The molecule has 0 heterocycles. The Bertz CT molecular complexity index is 606.